The van der Waals surface area contributed by atoms with E-state index in [1.165, 1.54) is 0 Å². The second-order valence-corrected chi connectivity index (χ2v) is 2.11. The lowest BCUT2D eigenvalue weighted by Gasteiger charge is -2.09. The first-order valence-corrected chi connectivity index (χ1v) is 3.09. The molecule has 1 aromatic carbocycles. The molecule has 0 aliphatic heterocycles. The summed E-state index contributed by atoms with van der Waals surface area (Å²) in [4.78, 5) is 10.2. The Morgan fingerprint density at radius 3 is 2.73 bits per heavy atom. The van der Waals surface area contributed by atoms with Crippen LogP contribution in [0.2, 0.25) is 0 Å². The number of nitrogens with two attached hydrogens (primary N) is 2. The number of rotatable bonds is 2. The van der Waals surface area contributed by atoms with E-state index in [1.807, 2.05) is 0 Å². The van der Waals surface area contributed by atoms with Gasteiger partial charge in [-0.15, -0.1) is 0 Å². The number of hydrogen-bond donors (Lipinski definition) is 2. The number of hydrogen-bond acceptors (Lipinski definition) is 3. The molecule has 0 saturated heterocycles. The predicted octanol–water partition coefficient (Wildman–Crippen LogP) is 0.105. The number of benzene rings is 1. The molecule has 0 radical (unpaired) electrons. The molecule has 0 aliphatic rings. The molecule has 1 rings (SSSR count). The topological polar surface area (TPSA) is 72.3 Å². The number of hydrazine groups is 1. The van der Waals surface area contributed by atoms with Crippen LogP contribution in [0.15, 0.2) is 24.3 Å². The molecule has 0 fully saturated rings. The molecule has 0 unspecified atom stereocenters. The lowest BCUT2D eigenvalue weighted by Crippen LogP contribution is -2.28. The zero-order chi connectivity index (χ0) is 8.27. The molecule has 58 valence electrons. The van der Waals surface area contributed by atoms with E-state index in [-0.39, 0.29) is 0 Å². The quantitative estimate of drug-likeness (QED) is 0.207. The van der Waals surface area contributed by atoms with Gasteiger partial charge in [0.15, 0.2) is 0 Å². The first kappa shape index (κ1) is 7.56. The van der Waals surface area contributed by atoms with E-state index in [1.54, 1.807) is 24.3 Å². The van der Waals surface area contributed by atoms with Crippen molar-refractivity contribution in [1.29, 1.82) is 0 Å². The van der Waals surface area contributed by atoms with Crippen LogP contribution in [0.4, 0.5) is 11.4 Å². The Morgan fingerprint density at radius 1 is 1.45 bits per heavy atom. The van der Waals surface area contributed by atoms with Crippen molar-refractivity contribution in [2.45, 2.75) is 0 Å². The standard InChI is InChI=1S/C7H9N3O/c8-6-2-1-3-7(4-6)10(9)5-11/h1-5H,8-9H2. The highest BCUT2D eigenvalue weighted by Crippen LogP contribution is 2.12. The molecule has 1 amide bonds. The van der Waals surface area contributed by atoms with Crippen molar-refractivity contribution < 1.29 is 4.79 Å². The number of amides is 1. The predicted molar refractivity (Wildman–Crippen MR) is 43.6 cm³/mol. The van der Waals surface area contributed by atoms with Crippen molar-refractivity contribution in [3.8, 4) is 0 Å². The van der Waals surface area contributed by atoms with Gasteiger partial charge in [0.2, 0.25) is 6.41 Å². The largest absolute Gasteiger partial charge is 0.399 e. The van der Waals surface area contributed by atoms with Gasteiger partial charge in [0.05, 0.1) is 5.69 Å². The zero-order valence-electron chi connectivity index (χ0n) is 5.90. The number of carbonyl (C=O) groups is 1. The molecule has 0 atom stereocenters. The summed E-state index contributed by atoms with van der Waals surface area (Å²) in [5, 5.41) is 0.969. The second kappa shape index (κ2) is 3.03. The van der Waals surface area contributed by atoms with Crippen molar-refractivity contribution in [3.05, 3.63) is 24.3 Å². The number of nitrogens with zero attached hydrogens (tertiary/aromatic N) is 1. The summed E-state index contributed by atoms with van der Waals surface area (Å²) in [5.74, 6) is 5.27. The number of anilines is 2. The highest BCUT2D eigenvalue weighted by Gasteiger charge is 1.97. The molecule has 0 saturated carbocycles. The van der Waals surface area contributed by atoms with Crippen molar-refractivity contribution in [1.82, 2.24) is 0 Å². The fourth-order valence-corrected chi connectivity index (χ4v) is 0.746. The summed E-state index contributed by atoms with van der Waals surface area (Å²) in [6.45, 7) is 0. The summed E-state index contributed by atoms with van der Waals surface area (Å²) < 4.78 is 0. The number of nitrogen functional groups attached to an aromatic ring is 1. The maximum Gasteiger partial charge on any atom is 0.228 e. The molecule has 0 spiro atoms. The maximum absolute atomic E-state index is 10.2. The first-order chi connectivity index (χ1) is 5.24. The molecule has 11 heavy (non-hydrogen) atoms. The molecule has 4 heteroatoms. The van der Waals surface area contributed by atoms with E-state index in [4.69, 9.17) is 11.6 Å². The van der Waals surface area contributed by atoms with Crippen molar-refractivity contribution in [2.75, 3.05) is 10.7 Å². The third kappa shape index (κ3) is 1.68. The van der Waals surface area contributed by atoms with E-state index in [0.29, 0.717) is 17.8 Å². The lowest BCUT2D eigenvalue weighted by atomic mass is 10.3. The fourth-order valence-electron chi connectivity index (χ4n) is 0.746. The molecular formula is C7H9N3O. The SMILES string of the molecule is Nc1cccc(N(N)C=O)c1. The molecule has 1 aromatic rings. The van der Waals surface area contributed by atoms with Gasteiger partial charge in [0.1, 0.15) is 0 Å². The molecule has 4 nitrogen and oxygen atoms in total. The van der Waals surface area contributed by atoms with Crippen molar-refractivity contribution >= 4 is 17.8 Å². The van der Waals surface area contributed by atoms with Crippen LogP contribution in [-0.2, 0) is 4.79 Å². The Labute approximate surface area is 64.4 Å². The second-order valence-electron chi connectivity index (χ2n) is 2.11. The van der Waals surface area contributed by atoms with Crippen LogP contribution in [0.1, 0.15) is 0 Å². The minimum Gasteiger partial charge on any atom is -0.399 e. The van der Waals surface area contributed by atoms with Crippen LogP contribution < -0.4 is 16.6 Å². The van der Waals surface area contributed by atoms with E-state index in [0.717, 1.165) is 5.01 Å². The fraction of sp³-hybridized carbons (Fsp3) is 0. The average Bonchev–Trinajstić information content (AvgIpc) is 2.03. The van der Waals surface area contributed by atoms with Gasteiger partial charge in [-0.3, -0.25) is 9.80 Å². The molecule has 4 N–H and O–H groups in total. The summed E-state index contributed by atoms with van der Waals surface area (Å²) >= 11 is 0. The van der Waals surface area contributed by atoms with E-state index < -0.39 is 0 Å². The molecule has 0 bridgehead atoms. The van der Waals surface area contributed by atoms with Gasteiger partial charge in [0.25, 0.3) is 0 Å². The maximum atomic E-state index is 10.2. The Kier molecular flexibility index (Phi) is 2.08. The Balaban J connectivity index is 2.95. The Hall–Kier alpha value is -1.55. The molecular weight excluding hydrogens is 142 g/mol. The van der Waals surface area contributed by atoms with E-state index in [2.05, 4.69) is 0 Å². The van der Waals surface area contributed by atoms with E-state index in [9.17, 15) is 4.79 Å². The zero-order valence-corrected chi connectivity index (χ0v) is 5.90. The molecule has 0 aliphatic carbocycles. The van der Waals surface area contributed by atoms with Gasteiger partial charge in [-0.05, 0) is 18.2 Å². The Bertz CT molecular complexity index is 262. The minimum atomic E-state index is 0.523. The van der Waals surface area contributed by atoms with Crippen LogP contribution in [0, 0.1) is 0 Å². The molecule has 0 aromatic heterocycles. The first-order valence-electron chi connectivity index (χ1n) is 3.09. The highest BCUT2D eigenvalue weighted by atomic mass is 16.1. The van der Waals surface area contributed by atoms with Crippen LogP contribution in [0.5, 0.6) is 0 Å². The molecule has 0 heterocycles. The average molecular weight is 151 g/mol. The normalized spacial score (nSPS) is 9.18. The summed E-state index contributed by atoms with van der Waals surface area (Å²) in [5.41, 5.74) is 6.62. The third-order valence-electron chi connectivity index (χ3n) is 1.28. The van der Waals surface area contributed by atoms with Crippen LogP contribution in [-0.4, -0.2) is 6.41 Å². The highest BCUT2D eigenvalue weighted by molar-refractivity contribution is 5.74. The Morgan fingerprint density at radius 2 is 2.18 bits per heavy atom. The van der Waals surface area contributed by atoms with Crippen LogP contribution in [0.3, 0.4) is 0 Å². The van der Waals surface area contributed by atoms with Crippen molar-refractivity contribution in [3.63, 3.8) is 0 Å². The van der Waals surface area contributed by atoms with Gasteiger partial charge >= 0.3 is 0 Å². The van der Waals surface area contributed by atoms with Crippen LogP contribution in [0.25, 0.3) is 0 Å². The van der Waals surface area contributed by atoms with Gasteiger partial charge in [-0.1, -0.05) is 6.07 Å². The number of carbonyl (C=O) groups excluding carboxylic acids is 1. The van der Waals surface area contributed by atoms with Gasteiger partial charge in [-0.2, -0.15) is 0 Å². The van der Waals surface area contributed by atoms with Gasteiger partial charge in [-0.25, -0.2) is 5.84 Å². The van der Waals surface area contributed by atoms with Crippen molar-refractivity contribution in [2.24, 2.45) is 5.84 Å². The van der Waals surface area contributed by atoms with Gasteiger partial charge < -0.3 is 5.73 Å². The van der Waals surface area contributed by atoms with E-state index >= 15 is 0 Å². The van der Waals surface area contributed by atoms with Gasteiger partial charge in [0, 0.05) is 5.69 Å². The smallest absolute Gasteiger partial charge is 0.228 e. The lowest BCUT2D eigenvalue weighted by molar-refractivity contribution is -0.107. The monoisotopic (exact) mass is 151 g/mol. The summed E-state index contributed by atoms with van der Waals surface area (Å²) in [6, 6.07) is 6.77. The third-order valence-corrected chi connectivity index (χ3v) is 1.28. The summed E-state index contributed by atoms with van der Waals surface area (Å²) in [7, 11) is 0. The summed E-state index contributed by atoms with van der Waals surface area (Å²) in [6.07, 6.45) is 0.523. The van der Waals surface area contributed by atoms with Crippen LogP contribution >= 0.6 is 0 Å². The minimum absolute atomic E-state index is 0.523.